The van der Waals surface area contributed by atoms with Crippen LogP contribution in [0.1, 0.15) is 15.9 Å². The molecule has 0 fully saturated rings. The molecule has 10 nitrogen and oxygen atoms in total. The van der Waals surface area contributed by atoms with E-state index < -0.39 is 16.1 Å². The number of non-ortho nitro benzene ring substituents is 1. The molecule has 0 aliphatic heterocycles. The minimum Gasteiger partial charge on any atom is -0.307 e. The number of nitrogens with one attached hydrogen (secondary N) is 2. The monoisotopic (exact) mass is 448 g/mol. The van der Waals surface area contributed by atoms with Crippen LogP contribution in [0, 0.1) is 17.0 Å². The minimum absolute atomic E-state index is 0.118. The van der Waals surface area contributed by atoms with Crippen molar-refractivity contribution in [1.82, 2.24) is 19.7 Å². The van der Waals surface area contributed by atoms with E-state index in [1.54, 1.807) is 6.07 Å². The normalized spacial score (nSPS) is 10.7. The van der Waals surface area contributed by atoms with Crippen molar-refractivity contribution in [3.05, 3.63) is 88.0 Å². The standard InChI is InChI=1S/C21H16N6O4S/c1-13-11-18-19(24-26(23-18)15-5-3-2-4-6-15)12-17(13)22-21(29)25-32-20(28)14-7-9-16(10-8-14)27(30)31/h2-12H,1H3,(H2,22,25,29). The van der Waals surface area contributed by atoms with E-state index in [1.165, 1.54) is 29.1 Å². The molecule has 32 heavy (non-hydrogen) atoms. The Hall–Kier alpha value is -4.25. The molecule has 0 bridgehead atoms. The zero-order valence-corrected chi connectivity index (χ0v) is 17.5. The zero-order chi connectivity index (χ0) is 22.7. The van der Waals surface area contributed by atoms with E-state index in [1.807, 2.05) is 43.3 Å². The van der Waals surface area contributed by atoms with E-state index in [0.717, 1.165) is 11.3 Å². The summed E-state index contributed by atoms with van der Waals surface area (Å²) in [6.45, 7) is 1.83. The Morgan fingerprint density at radius 2 is 1.66 bits per heavy atom. The quantitative estimate of drug-likeness (QED) is 0.271. The predicted octanol–water partition coefficient (Wildman–Crippen LogP) is 4.25. The molecular weight excluding hydrogens is 432 g/mol. The van der Waals surface area contributed by atoms with Crippen molar-refractivity contribution in [3.63, 3.8) is 0 Å². The Morgan fingerprint density at radius 3 is 2.31 bits per heavy atom. The van der Waals surface area contributed by atoms with Crippen LogP contribution in [0.4, 0.5) is 16.2 Å². The van der Waals surface area contributed by atoms with Crippen LogP contribution < -0.4 is 10.0 Å². The molecule has 0 atom stereocenters. The number of carbonyl (C=O) groups is 2. The Bertz CT molecular complexity index is 1320. The predicted molar refractivity (Wildman–Crippen MR) is 121 cm³/mol. The summed E-state index contributed by atoms with van der Waals surface area (Å²) in [7, 11) is 0. The number of amides is 2. The summed E-state index contributed by atoms with van der Waals surface area (Å²) >= 11 is 0.579. The molecule has 0 unspecified atom stereocenters. The van der Waals surface area contributed by atoms with Gasteiger partial charge in [0, 0.05) is 35.3 Å². The summed E-state index contributed by atoms with van der Waals surface area (Å²) in [5, 5.41) is 21.8. The molecule has 0 radical (unpaired) electrons. The summed E-state index contributed by atoms with van der Waals surface area (Å²) in [6, 6.07) is 17.5. The minimum atomic E-state index is -0.594. The third-order valence-corrected chi connectivity index (χ3v) is 5.22. The van der Waals surface area contributed by atoms with E-state index in [0.29, 0.717) is 28.7 Å². The van der Waals surface area contributed by atoms with Gasteiger partial charge in [-0.1, -0.05) is 18.2 Å². The number of hydrogen-bond acceptors (Lipinski definition) is 7. The lowest BCUT2D eigenvalue weighted by molar-refractivity contribution is -0.384. The lowest BCUT2D eigenvalue weighted by Gasteiger charge is -2.08. The van der Waals surface area contributed by atoms with Gasteiger partial charge < -0.3 is 5.32 Å². The van der Waals surface area contributed by atoms with Gasteiger partial charge >= 0.3 is 6.03 Å². The lowest BCUT2D eigenvalue weighted by Crippen LogP contribution is -2.24. The van der Waals surface area contributed by atoms with Crippen LogP contribution in [0.15, 0.2) is 66.7 Å². The number of anilines is 1. The van der Waals surface area contributed by atoms with Gasteiger partial charge in [0.25, 0.3) is 5.69 Å². The summed E-state index contributed by atoms with van der Waals surface area (Å²) in [4.78, 5) is 36.1. The second-order valence-corrected chi connectivity index (χ2v) is 7.51. The average molecular weight is 448 g/mol. The molecule has 0 aliphatic carbocycles. The van der Waals surface area contributed by atoms with Gasteiger partial charge in [0.05, 0.1) is 10.6 Å². The van der Waals surface area contributed by atoms with E-state index in [4.69, 9.17) is 0 Å². The third kappa shape index (κ3) is 4.57. The summed E-state index contributed by atoms with van der Waals surface area (Å²) < 4.78 is 2.42. The van der Waals surface area contributed by atoms with Crippen molar-refractivity contribution < 1.29 is 14.5 Å². The van der Waals surface area contributed by atoms with E-state index in [-0.39, 0.29) is 11.3 Å². The summed E-state index contributed by atoms with van der Waals surface area (Å²) in [6.07, 6.45) is 0. The third-order valence-electron chi connectivity index (χ3n) is 4.51. The number of nitro benzene ring substituents is 1. The number of urea groups is 1. The first kappa shape index (κ1) is 21.0. The molecule has 2 N–H and O–H groups in total. The van der Waals surface area contributed by atoms with Gasteiger partial charge in [0.1, 0.15) is 11.0 Å². The molecule has 0 aliphatic rings. The van der Waals surface area contributed by atoms with Gasteiger partial charge in [0.2, 0.25) is 5.12 Å². The first-order valence-electron chi connectivity index (χ1n) is 9.36. The Morgan fingerprint density at radius 1 is 1.00 bits per heavy atom. The number of aryl methyl sites for hydroxylation is 1. The molecule has 0 saturated carbocycles. The van der Waals surface area contributed by atoms with Crippen molar-refractivity contribution in [2.45, 2.75) is 6.92 Å². The number of hydrogen-bond donors (Lipinski definition) is 2. The molecule has 2 amide bonds. The largest absolute Gasteiger partial charge is 0.329 e. The summed E-state index contributed by atoms with van der Waals surface area (Å²) in [5.74, 6) is 0. The second kappa shape index (κ2) is 8.86. The van der Waals surface area contributed by atoms with Gasteiger partial charge in [0.15, 0.2) is 0 Å². The fourth-order valence-corrected chi connectivity index (χ4v) is 3.39. The highest BCUT2D eigenvalue weighted by atomic mass is 32.2. The zero-order valence-electron chi connectivity index (χ0n) is 16.7. The second-order valence-electron chi connectivity index (χ2n) is 6.73. The van der Waals surface area contributed by atoms with E-state index in [9.17, 15) is 19.7 Å². The highest BCUT2D eigenvalue weighted by molar-refractivity contribution is 8.12. The number of fused-ring (bicyclic) bond motifs is 1. The molecule has 11 heteroatoms. The number of rotatable bonds is 4. The summed E-state index contributed by atoms with van der Waals surface area (Å²) in [5.41, 5.74) is 3.51. The molecule has 0 spiro atoms. The molecular formula is C21H16N6O4S. The van der Waals surface area contributed by atoms with Crippen molar-refractivity contribution in [2.75, 3.05) is 5.32 Å². The first-order chi connectivity index (χ1) is 15.4. The average Bonchev–Trinajstić information content (AvgIpc) is 3.21. The van der Waals surface area contributed by atoms with Crippen LogP contribution in [0.25, 0.3) is 16.7 Å². The molecule has 1 aromatic heterocycles. The van der Waals surface area contributed by atoms with Gasteiger partial charge in [-0.2, -0.15) is 4.80 Å². The van der Waals surface area contributed by atoms with Gasteiger partial charge in [-0.25, -0.2) is 4.79 Å². The molecule has 4 aromatic rings. The van der Waals surface area contributed by atoms with Crippen molar-refractivity contribution in [2.24, 2.45) is 0 Å². The van der Waals surface area contributed by atoms with Crippen molar-refractivity contribution >= 4 is 45.5 Å². The molecule has 4 rings (SSSR count). The number of nitrogens with zero attached hydrogens (tertiary/aromatic N) is 4. The van der Waals surface area contributed by atoms with Gasteiger partial charge in [-0.15, -0.1) is 10.2 Å². The van der Waals surface area contributed by atoms with E-state index in [2.05, 4.69) is 20.2 Å². The molecule has 0 saturated heterocycles. The first-order valence-corrected chi connectivity index (χ1v) is 10.2. The van der Waals surface area contributed by atoms with Crippen LogP contribution in [-0.4, -0.2) is 31.1 Å². The Kier molecular flexibility index (Phi) is 5.81. The molecule has 3 aromatic carbocycles. The SMILES string of the molecule is Cc1cc2nn(-c3ccccc3)nc2cc1NC(=O)NSC(=O)c1ccc([N+](=O)[O-])cc1. The maximum atomic E-state index is 12.3. The van der Waals surface area contributed by atoms with Crippen molar-refractivity contribution in [3.8, 4) is 5.69 Å². The topological polar surface area (TPSA) is 132 Å². The highest BCUT2D eigenvalue weighted by Crippen LogP contribution is 2.22. The van der Waals surface area contributed by atoms with Crippen LogP contribution in [-0.2, 0) is 0 Å². The van der Waals surface area contributed by atoms with Crippen LogP contribution in [0.3, 0.4) is 0 Å². The fourth-order valence-electron chi connectivity index (χ4n) is 2.90. The highest BCUT2D eigenvalue weighted by Gasteiger charge is 2.14. The Balaban J connectivity index is 1.42. The maximum Gasteiger partial charge on any atom is 0.329 e. The number of benzene rings is 3. The number of carbonyl (C=O) groups excluding carboxylic acids is 2. The van der Waals surface area contributed by atoms with E-state index >= 15 is 0 Å². The van der Waals surface area contributed by atoms with Crippen LogP contribution in [0.2, 0.25) is 0 Å². The number of nitro groups is 1. The molecule has 160 valence electrons. The smallest absolute Gasteiger partial charge is 0.307 e. The molecule has 1 heterocycles. The number of aromatic nitrogens is 3. The van der Waals surface area contributed by atoms with Crippen LogP contribution >= 0.6 is 11.9 Å². The number of para-hydroxylation sites is 1. The van der Waals surface area contributed by atoms with Crippen molar-refractivity contribution in [1.29, 1.82) is 0 Å². The fraction of sp³-hybridized carbons (Fsp3) is 0.0476. The lowest BCUT2D eigenvalue weighted by atomic mass is 10.2. The van der Waals surface area contributed by atoms with Gasteiger partial charge in [-0.3, -0.25) is 19.6 Å². The van der Waals surface area contributed by atoms with Gasteiger partial charge in [-0.05, 0) is 48.9 Å². The maximum absolute atomic E-state index is 12.3. The van der Waals surface area contributed by atoms with Crippen LogP contribution in [0.5, 0.6) is 0 Å². The Labute approximate surface area is 185 Å².